The minimum absolute atomic E-state index is 0.0682. The molecule has 7 rings (SSSR count). The summed E-state index contributed by atoms with van der Waals surface area (Å²) in [5, 5.41) is 12.5. The van der Waals surface area contributed by atoms with Crippen molar-refractivity contribution >= 4 is 45.4 Å². The minimum Gasteiger partial charge on any atom is -0.472 e. The number of allylic oxidation sites excluding steroid dienone is 1. The Morgan fingerprint density at radius 2 is 1.84 bits per heavy atom. The zero-order chi connectivity index (χ0) is 34.8. The first kappa shape index (κ1) is 33.2. The predicted octanol–water partition coefficient (Wildman–Crippen LogP) is 4.79. The lowest BCUT2D eigenvalue weighted by Crippen LogP contribution is -2.56. The number of ether oxygens (including phenoxy) is 2. The van der Waals surface area contributed by atoms with Crippen LogP contribution in [0, 0.1) is 12.8 Å². The molecule has 12 heteroatoms. The van der Waals surface area contributed by atoms with Crippen LogP contribution in [0.1, 0.15) is 68.1 Å². The van der Waals surface area contributed by atoms with Crippen LogP contribution >= 0.6 is 0 Å². The van der Waals surface area contributed by atoms with Crippen LogP contribution in [0.5, 0.6) is 5.88 Å². The summed E-state index contributed by atoms with van der Waals surface area (Å²) < 4.78 is 17.1. The molecule has 12 nitrogen and oxygen atoms in total. The van der Waals surface area contributed by atoms with Crippen molar-refractivity contribution in [2.45, 2.75) is 82.5 Å². The first-order valence-electron chi connectivity index (χ1n) is 17.4. The molecule has 5 atom stereocenters. The number of benzene rings is 2. The molecule has 4 heterocycles. The third kappa shape index (κ3) is 6.54. The van der Waals surface area contributed by atoms with Gasteiger partial charge in [-0.05, 0) is 57.0 Å². The summed E-state index contributed by atoms with van der Waals surface area (Å²) in [5.41, 5.74) is -0.372. The van der Waals surface area contributed by atoms with Crippen molar-refractivity contribution in [1.82, 2.24) is 25.7 Å². The van der Waals surface area contributed by atoms with Gasteiger partial charge in [-0.3, -0.25) is 14.4 Å². The van der Waals surface area contributed by atoms with Crippen molar-refractivity contribution < 1.29 is 33.2 Å². The monoisotopic (exact) mass is 679 g/mol. The summed E-state index contributed by atoms with van der Waals surface area (Å²) >= 11 is 0. The fraction of sp³-hybridized carbons (Fsp3) is 0.421. The van der Waals surface area contributed by atoms with Crippen molar-refractivity contribution in [2.75, 3.05) is 13.2 Å². The number of para-hydroxylation sites is 1. The SMILES string of the molecule is CCOC(=O)C12CC1C=CCCCCCC(NC(=O)c1cc(C)on1)C(=O)N1CC(Oc3nc4ccccc4c4ccccc34)CC1C(=O)N2. The first-order chi connectivity index (χ1) is 24.3. The molecule has 50 heavy (non-hydrogen) atoms. The Labute approximate surface area is 289 Å². The fourth-order valence-electron chi connectivity index (χ4n) is 7.22. The zero-order valence-electron chi connectivity index (χ0n) is 28.2. The van der Waals surface area contributed by atoms with Gasteiger partial charge >= 0.3 is 5.97 Å². The topological polar surface area (TPSA) is 153 Å². The number of rotatable bonds is 6. The van der Waals surface area contributed by atoms with E-state index in [9.17, 15) is 19.2 Å². The summed E-state index contributed by atoms with van der Waals surface area (Å²) in [6, 6.07) is 15.2. The zero-order valence-corrected chi connectivity index (χ0v) is 28.2. The van der Waals surface area contributed by atoms with E-state index < -0.39 is 47.4 Å². The highest BCUT2D eigenvalue weighted by Gasteiger charge is 2.62. The maximum Gasteiger partial charge on any atom is 0.332 e. The Hall–Kier alpha value is -5.26. The number of aryl methyl sites for hydroxylation is 1. The van der Waals surface area contributed by atoms with E-state index in [2.05, 4.69) is 15.8 Å². The second-order valence-electron chi connectivity index (χ2n) is 13.4. The number of pyridine rings is 1. The van der Waals surface area contributed by atoms with E-state index in [1.54, 1.807) is 13.8 Å². The van der Waals surface area contributed by atoms with Gasteiger partial charge in [0.1, 0.15) is 29.5 Å². The van der Waals surface area contributed by atoms with Crippen LogP contribution in [-0.4, -0.2) is 75.6 Å². The van der Waals surface area contributed by atoms with Gasteiger partial charge in [0, 0.05) is 29.2 Å². The first-order valence-corrected chi connectivity index (χ1v) is 17.4. The number of carbonyl (C=O) groups excluding carboxylic acids is 4. The molecular formula is C38H41N5O7. The van der Waals surface area contributed by atoms with Gasteiger partial charge in [0.2, 0.25) is 17.7 Å². The van der Waals surface area contributed by atoms with Gasteiger partial charge in [0.15, 0.2) is 5.69 Å². The third-order valence-electron chi connectivity index (χ3n) is 9.90. The standard InChI is InChI=1S/C38H41N5O7/c1-3-48-37(47)38-21-24(38)13-7-5-4-6-8-18-30(39-33(44)31-19-23(2)50-42-31)36(46)43-22-25(20-32(43)34(45)41-38)49-35-28-16-10-9-14-26(28)27-15-11-12-17-29(27)40-35/h7,9-17,19,24-25,30,32H,3-6,8,18,20-22H2,1-2H3,(H,39,44)(H,41,45). The molecule has 2 fully saturated rings. The van der Waals surface area contributed by atoms with Crippen LogP contribution in [0.15, 0.2) is 71.3 Å². The number of nitrogens with one attached hydrogen (secondary N) is 2. The van der Waals surface area contributed by atoms with Crippen LogP contribution in [-0.2, 0) is 19.1 Å². The molecule has 0 bridgehead atoms. The number of esters is 1. The molecule has 2 aromatic heterocycles. The minimum atomic E-state index is -1.20. The molecule has 0 spiro atoms. The van der Waals surface area contributed by atoms with Crippen molar-refractivity contribution in [2.24, 2.45) is 5.92 Å². The lowest BCUT2D eigenvalue weighted by molar-refractivity contribution is -0.150. The van der Waals surface area contributed by atoms with Gasteiger partial charge in [-0.1, -0.05) is 66.5 Å². The Bertz CT molecular complexity index is 1970. The van der Waals surface area contributed by atoms with Gasteiger partial charge in [0.25, 0.3) is 5.91 Å². The summed E-state index contributed by atoms with van der Waals surface area (Å²) in [5.74, 6) is -1.25. The lowest BCUT2D eigenvalue weighted by atomic mass is 10.0. The third-order valence-corrected chi connectivity index (χ3v) is 9.90. The molecule has 2 N–H and O–H groups in total. The summed E-state index contributed by atoms with van der Waals surface area (Å²) in [7, 11) is 0. The largest absolute Gasteiger partial charge is 0.472 e. The van der Waals surface area contributed by atoms with E-state index in [1.807, 2.05) is 60.7 Å². The second-order valence-corrected chi connectivity index (χ2v) is 13.4. The number of amides is 3. The summed E-state index contributed by atoms with van der Waals surface area (Å²) in [6.07, 6.45) is 7.53. The Morgan fingerprint density at radius 1 is 1.06 bits per heavy atom. The smallest absolute Gasteiger partial charge is 0.332 e. The molecule has 1 aliphatic carbocycles. The van der Waals surface area contributed by atoms with Crippen molar-refractivity contribution in [1.29, 1.82) is 0 Å². The highest BCUT2D eigenvalue weighted by molar-refractivity contribution is 6.07. The molecule has 0 radical (unpaired) electrons. The number of nitrogens with zero attached hydrogens (tertiary/aromatic N) is 3. The van der Waals surface area contributed by atoms with Crippen LogP contribution < -0.4 is 15.4 Å². The number of hydrogen-bond donors (Lipinski definition) is 2. The van der Waals surface area contributed by atoms with Gasteiger partial charge in [-0.2, -0.15) is 0 Å². The van der Waals surface area contributed by atoms with Crippen LogP contribution in [0.3, 0.4) is 0 Å². The van der Waals surface area contributed by atoms with E-state index in [4.69, 9.17) is 19.0 Å². The fourth-order valence-corrected chi connectivity index (χ4v) is 7.22. The number of hydrogen-bond acceptors (Lipinski definition) is 9. The molecule has 3 amide bonds. The van der Waals surface area contributed by atoms with Gasteiger partial charge in [0.05, 0.1) is 18.7 Å². The maximum atomic E-state index is 14.5. The van der Waals surface area contributed by atoms with E-state index in [1.165, 1.54) is 11.0 Å². The second kappa shape index (κ2) is 13.9. The molecule has 260 valence electrons. The molecule has 5 unspecified atom stereocenters. The summed E-state index contributed by atoms with van der Waals surface area (Å²) in [6.45, 7) is 3.66. The number of carbonyl (C=O) groups is 4. The van der Waals surface area contributed by atoms with E-state index in [0.717, 1.165) is 40.9 Å². The van der Waals surface area contributed by atoms with Gasteiger partial charge in [-0.15, -0.1) is 0 Å². The average Bonchev–Trinajstić information content (AvgIpc) is 3.39. The molecule has 2 aliphatic heterocycles. The van der Waals surface area contributed by atoms with Gasteiger partial charge < -0.3 is 29.5 Å². The molecule has 1 saturated carbocycles. The average molecular weight is 680 g/mol. The quantitative estimate of drug-likeness (QED) is 0.166. The van der Waals surface area contributed by atoms with Crippen LogP contribution in [0.2, 0.25) is 0 Å². The van der Waals surface area contributed by atoms with Crippen molar-refractivity contribution in [3.8, 4) is 5.88 Å². The Morgan fingerprint density at radius 3 is 2.62 bits per heavy atom. The van der Waals surface area contributed by atoms with Crippen LogP contribution in [0.25, 0.3) is 21.7 Å². The highest BCUT2D eigenvalue weighted by atomic mass is 16.5. The predicted molar refractivity (Wildman–Crippen MR) is 184 cm³/mol. The number of aromatic nitrogens is 2. The van der Waals surface area contributed by atoms with Crippen molar-refractivity contribution in [3.63, 3.8) is 0 Å². The Balaban J connectivity index is 1.22. The normalized spacial score (nSPS) is 25.6. The molecule has 4 aromatic rings. The molecule has 3 aliphatic rings. The van der Waals surface area contributed by atoms with E-state index in [-0.39, 0.29) is 31.2 Å². The molecule has 2 aromatic carbocycles. The molecule has 1 saturated heterocycles. The maximum absolute atomic E-state index is 14.5. The highest BCUT2D eigenvalue weighted by Crippen LogP contribution is 2.46. The van der Waals surface area contributed by atoms with Crippen LogP contribution in [0.4, 0.5) is 0 Å². The van der Waals surface area contributed by atoms with Gasteiger partial charge in [-0.25, -0.2) is 9.78 Å². The number of fused-ring (bicyclic) bond motifs is 5. The summed E-state index contributed by atoms with van der Waals surface area (Å²) in [4.78, 5) is 61.6. The lowest BCUT2D eigenvalue weighted by Gasteiger charge is -2.29. The van der Waals surface area contributed by atoms with Crippen molar-refractivity contribution in [3.05, 3.63) is 78.2 Å². The van der Waals surface area contributed by atoms with E-state index >= 15 is 0 Å². The Kier molecular flexibility index (Phi) is 9.26. The molecular weight excluding hydrogens is 638 g/mol. The van der Waals surface area contributed by atoms with E-state index in [0.29, 0.717) is 30.9 Å².